The lowest BCUT2D eigenvalue weighted by Crippen LogP contribution is -2.14. The van der Waals surface area contributed by atoms with Crippen LogP contribution in [0.15, 0.2) is 71.8 Å². The summed E-state index contributed by atoms with van der Waals surface area (Å²) in [6.07, 6.45) is 1.82. The molecule has 1 heterocycles. The highest BCUT2D eigenvalue weighted by atomic mass is 35.5. The molecule has 0 saturated heterocycles. The lowest BCUT2D eigenvalue weighted by atomic mass is 9.98. The predicted octanol–water partition coefficient (Wildman–Crippen LogP) is 4.57. The number of hydrogen-bond donors (Lipinski definition) is 2. The first-order valence-electron chi connectivity index (χ1n) is 9.25. The molecule has 0 bridgehead atoms. The van der Waals surface area contributed by atoms with Gasteiger partial charge in [0.2, 0.25) is 10.0 Å². The number of carbonyl (C=O) groups is 2. The highest BCUT2D eigenvalue weighted by Gasteiger charge is 2.18. The monoisotopic (exact) mass is 452 g/mol. The molecule has 4 rings (SSSR count). The Kier molecular flexibility index (Phi) is 5.26. The number of rotatable bonds is 5. The average molecular weight is 453 g/mol. The van der Waals surface area contributed by atoms with Crippen LogP contribution in [0.4, 0.5) is 0 Å². The van der Waals surface area contributed by atoms with Gasteiger partial charge < -0.3 is 4.98 Å². The van der Waals surface area contributed by atoms with Crippen molar-refractivity contribution in [1.82, 2.24) is 4.98 Å². The van der Waals surface area contributed by atoms with E-state index in [1.165, 1.54) is 25.1 Å². The van der Waals surface area contributed by atoms with Gasteiger partial charge in [0.1, 0.15) is 4.90 Å². The molecular formula is C23H17ClN2O4S. The number of halogens is 1. The van der Waals surface area contributed by atoms with Crippen LogP contribution in [0, 0.1) is 0 Å². The molecule has 31 heavy (non-hydrogen) atoms. The second kappa shape index (κ2) is 7.77. The number of ketones is 2. The van der Waals surface area contributed by atoms with Crippen molar-refractivity contribution in [3.63, 3.8) is 0 Å². The zero-order chi connectivity index (χ0) is 22.3. The van der Waals surface area contributed by atoms with Gasteiger partial charge in [0.05, 0.1) is 5.02 Å². The van der Waals surface area contributed by atoms with Gasteiger partial charge in [0, 0.05) is 39.4 Å². The fraction of sp³-hybridized carbons (Fsp3) is 0.0435. The molecule has 0 spiro atoms. The number of benzene rings is 3. The van der Waals surface area contributed by atoms with Crippen LogP contribution in [-0.4, -0.2) is 25.0 Å². The predicted molar refractivity (Wildman–Crippen MR) is 120 cm³/mol. The smallest absolute Gasteiger partial charge is 0.239 e. The minimum absolute atomic E-state index is 0.0172. The molecule has 6 nitrogen and oxygen atoms in total. The number of nitrogens with two attached hydrogens (primary N) is 1. The molecule has 8 heteroatoms. The number of sulfonamides is 1. The molecule has 0 aliphatic heterocycles. The maximum absolute atomic E-state index is 12.9. The number of fused-ring (bicyclic) bond motifs is 1. The minimum Gasteiger partial charge on any atom is -0.361 e. The summed E-state index contributed by atoms with van der Waals surface area (Å²) < 4.78 is 23.4. The van der Waals surface area contributed by atoms with Crippen molar-refractivity contribution in [3.8, 4) is 11.1 Å². The van der Waals surface area contributed by atoms with E-state index in [9.17, 15) is 18.0 Å². The van der Waals surface area contributed by atoms with Crippen LogP contribution < -0.4 is 5.14 Å². The SMILES string of the molecule is CC(=O)c1cccc(-c2c[nH]c3cc(C(=O)c4ccc(Cl)c(S(N)(=O)=O)c4)ccc23)c1. The number of nitrogens with one attached hydrogen (secondary N) is 1. The van der Waals surface area contributed by atoms with Gasteiger partial charge in [-0.05, 0) is 42.8 Å². The molecule has 0 saturated carbocycles. The molecule has 3 aromatic carbocycles. The van der Waals surface area contributed by atoms with Crippen molar-refractivity contribution in [2.45, 2.75) is 11.8 Å². The van der Waals surface area contributed by atoms with Crippen LogP contribution in [0.1, 0.15) is 33.2 Å². The van der Waals surface area contributed by atoms with E-state index in [1.807, 2.05) is 30.5 Å². The Morgan fingerprint density at radius 2 is 1.65 bits per heavy atom. The first kappa shape index (κ1) is 21.0. The highest BCUT2D eigenvalue weighted by Crippen LogP contribution is 2.31. The number of carbonyl (C=O) groups excluding carboxylic acids is 2. The molecule has 0 unspecified atom stereocenters. The Hall–Kier alpha value is -3.26. The van der Waals surface area contributed by atoms with Gasteiger partial charge in [-0.1, -0.05) is 41.9 Å². The summed E-state index contributed by atoms with van der Waals surface area (Å²) in [7, 11) is -4.06. The maximum atomic E-state index is 12.9. The summed E-state index contributed by atoms with van der Waals surface area (Å²) in [6.45, 7) is 1.52. The zero-order valence-electron chi connectivity index (χ0n) is 16.3. The molecule has 0 atom stereocenters. The van der Waals surface area contributed by atoms with Gasteiger partial charge in [-0.3, -0.25) is 9.59 Å². The Labute approximate surface area is 183 Å². The van der Waals surface area contributed by atoms with Gasteiger partial charge in [0.25, 0.3) is 0 Å². The minimum atomic E-state index is -4.06. The number of hydrogen-bond acceptors (Lipinski definition) is 4. The van der Waals surface area contributed by atoms with E-state index in [4.69, 9.17) is 16.7 Å². The molecule has 0 radical (unpaired) electrons. The van der Waals surface area contributed by atoms with Gasteiger partial charge >= 0.3 is 0 Å². The molecule has 0 amide bonds. The lowest BCUT2D eigenvalue weighted by molar-refractivity contribution is 0.101. The third kappa shape index (κ3) is 4.03. The highest BCUT2D eigenvalue weighted by molar-refractivity contribution is 7.89. The van der Waals surface area contributed by atoms with E-state index in [-0.39, 0.29) is 27.0 Å². The Morgan fingerprint density at radius 1 is 0.935 bits per heavy atom. The van der Waals surface area contributed by atoms with Gasteiger partial charge in [-0.2, -0.15) is 0 Å². The molecule has 3 N–H and O–H groups in total. The average Bonchev–Trinajstić information content (AvgIpc) is 3.16. The van der Waals surface area contributed by atoms with Crippen LogP contribution in [0.5, 0.6) is 0 Å². The van der Waals surface area contributed by atoms with Crippen LogP contribution in [-0.2, 0) is 10.0 Å². The second-order valence-corrected chi connectivity index (χ2v) is 9.06. The summed E-state index contributed by atoms with van der Waals surface area (Å²) in [5, 5.41) is 6.02. The van der Waals surface area contributed by atoms with Crippen LogP contribution >= 0.6 is 11.6 Å². The number of Topliss-reactive ketones (excluding diaryl/α,β-unsaturated/α-hetero) is 1. The quantitative estimate of drug-likeness (QED) is 0.432. The van der Waals surface area contributed by atoms with Crippen molar-refractivity contribution in [2.24, 2.45) is 5.14 Å². The van der Waals surface area contributed by atoms with Crippen LogP contribution in [0.25, 0.3) is 22.0 Å². The van der Waals surface area contributed by atoms with Crippen molar-refractivity contribution >= 4 is 44.1 Å². The normalized spacial score (nSPS) is 11.6. The molecule has 156 valence electrons. The molecule has 0 aliphatic carbocycles. The third-order valence-electron chi connectivity index (χ3n) is 5.02. The molecule has 0 fully saturated rings. The van der Waals surface area contributed by atoms with E-state index >= 15 is 0 Å². The fourth-order valence-electron chi connectivity index (χ4n) is 3.44. The first-order chi connectivity index (χ1) is 14.6. The van der Waals surface area contributed by atoms with Crippen LogP contribution in [0.2, 0.25) is 5.02 Å². The zero-order valence-corrected chi connectivity index (χ0v) is 17.9. The molecule has 1 aromatic heterocycles. The Morgan fingerprint density at radius 3 is 2.35 bits per heavy atom. The fourth-order valence-corrected chi connectivity index (χ4v) is 4.51. The molecule has 0 aliphatic rings. The summed E-state index contributed by atoms with van der Waals surface area (Å²) in [6, 6.07) is 16.5. The Balaban J connectivity index is 1.74. The van der Waals surface area contributed by atoms with Crippen molar-refractivity contribution in [3.05, 3.63) is 88.6 Å². The summed E-state index contributed by atoms with van der Waals surface area (Å²) >= 11 is 5.90. The van der Waals surface area contributed by atoms with Crippen molar-refractivity contribution in [1.29, 1.82) is 0 Å². The first-order valence-corrected chi connectivity index (χ1v) is 11.2. The largest absolute Gasteiger partial charge is 0.361 e. The van der Waals surface area contributed by atoms with E-state index in [0.717, 1.165) is 22.0 Å². The molecule has 4 aromatic rings. The Bertz CT molecular complexity index is 1470. The number of H-pyrrole nitrogens is 1. The summed E-state index contributed by atoms with van der Waals surface area (Å²) in [5.41, 5.74) is 3.67. The summed E-state index contributed by atoms with van der Waals surface area (Å²) in [4.78, 5) is 27.5. The van der Waals surface area contributed by atoms with Crippen molar-refractivity contribution in [2.75, 3.05) is 0 Å². The van der Waals surface area contributed by atoms with Gasteiger partial charge in [0.15, 0.2) is 11.6 Å². The van der Waals surface area contributed by atoms with E-state index in [0.29, 0.717) is 11.1 Å². The number of aromatic nitrogens is 1. The lowest BCUT2D eigenvalue weighted by Gasteiger charge is -2.07. The standard InChI is InChI=1S/C23H17ClN2O4S/c1-13(27)14-3-2-4-15(9-14)19-12-26-21-10-16(5-7-18(19)21)23(28)17-6-8-20(24)22(11-17)31(25,29)30/h2-12,26H,1H3,(H2,25,29,30). The van der Waals surface area contributed by atoms with E-state index in [1.54, 1.807) is 18.2 Å². The third-order valence-corrected chi connectivity index (χ3v) is 6.42. The van der Waals surface area contributed by atoms with Crippen LogP contribution in [0.3, 0.4) is 0 Å². The van der Waals surface area contributed by atoms with Gasteiger partial charge in [-0.15, -0.1) is 0 Å². The topological polar surface area (TPSA) is 110 Å². The number of aromatic amines is 1. The number of primary sulfonamides is 1. The maximum Gasteiger partial charge on any atom is 0.239 e. The molecular weight excluding hydrogens is 436 g/mol. The van der Waals surface area contributed by atoms with Crippen molar-refractivity contribution < 1.29 is 18.0 Å². The second-order valence-electron chi connectivity index (χ2n) is 7.12. The van der Waals surface area contributed by atoms with Gasteiger partial charge in [-0.25, -0.2) is 13.6 Å². The van der Waals surface area contributed by atoms with E-state index < -0.39 is 10.0 Å². The summed E-state index contributed by atoms with van der Waals surface area (Å²) in [5.74, 6) is -0.380. The van der Waals surface area contributed by atoms with E-state index in [2.05, 4.69) is 4.98 Å².